The van der Waals surface area contributed by atoms with Gasteiger partial charge in [0.25, 0.3) is 0 Å². The molecule has 5 nitrogen and oxygen atoms in total. The van der Waals surface area contributed by atoms with Gasteiger partial charge in [0.1, 0.15) is 13.2 Å². The zero-order valence-corrected chi connectivity index (χ0v) is 23.4. The monoisotopic (exact) mass is 509 g/mol. The Balaban J connectivity index is 1.77. The van der Waals surface area contributed by atoms with Crippen LogP contribution in [0.15, 0.2) is 29.2 Å². The number of carbonyl (C=O) groups is 1. The molecule has 0 aliphatic carbocycles. The standard InChI is InChI=1S/C29H52N2O3S/c1-3-4-5-6-7-8-9-10-11-12-13-14-17-20-30-29(32)34-26-28(2)25-33-23-19-16-15-18-21-31-22-24-35-27-31/h22,24,27H,2-21,23,25-26H2,1H3/p+1. The quantitative estimate of drug-likeness (QED) is 0.0825. The minimum atomic E-state index is -0.353. The van der Waals surface area contributed by atoms with Gasteiger partial charge in [-0.2, -0.15) is 4.57 Å². The van der Waals surface area contributed by atoms with Crippen LogP contribution in [0.4, 0.5) is 4.79 Å². The maximum Gasteiger partial charge on any atom is 0.407 e. The molecule has 1 N–H and O–H groups in total. The van der Waals surface area contributed by atoms with Gasteiger partial charge in [0.15, 0.2) is 6.20 Å². The lowest BCUT2D eigenvalue weighted by Gasteiger charge is -2.09. The van der Waals surface area contributed by atoms with Gasteiger partial charge >= 0.3 is 6.09 Å². The number of alkyl carbamates (subject to hydrolysis) is 1. The Bertz CT molecular complexity index is 607. The lowest BCUT2D eigenvalue weighted by Crippen LogP contribution is -2.29. The number of hydrogen-bond acceptors (Lipinski definition) is 4. The van der Waals surface area contributed by atoms with E-state index in [-0.39, 0.29) is 12.7 Å². The van der Waals surface area contributed by atoms with E-state index in [1.54, 1.807) is 11.3 Å². The highest BCUT2D eigenvalue weighted by atomic mass is 32.1. The minimum absolute atomic E-state index is 0.225. The Morgan fingerprint density at radius 2 is 1.43 bits per heavy atom. The summed E-state index contributed by atoms with van der Waals surface area (Å²) in [6.45, 7) is 9.41. The first-order chi connectivity index (χ1) is 17.2. The molecule has 6 heteroatoms. The van der Waals surface area contributed by atoms with Gasteiger partial charge in [-0.15, -0.1) is 0 Å². The van der Waals surface area contributed by atoms with Crippen molar-refractivity contribution in [3.05, 3.63) is 29.2 Å². The second-order valence-corrected chi connectivity index (χ2v) is 10.5. The third-order valence-corrected chi connectivity index (χ3v) is 6.92. The summed E-state index contributed by atoms with van der Waals surface area (Å²) in [6, 6.07) is 0. The van der Waals surface area contributed by atoms with Crippen LogP contribution in [0.1, 0.15) is 116 Å². The molecule has 0 saturated carbocycles. The van der Waals surface area contributed by atoms with Crippen molar-refractivity contribution in [3.8, 4) is 0 Å². The van der Waals surface area contributed by atoms with Crippen LogP contribution in [0.25, 0.3) is 0 Å². The fourth-order valence-corrected chi connectivity index (χ4v) is 4.68. The Hall–Kier alpha value is -1.40. The molecule has 1 amide bonds. The van der Waals surface area contributed by atoms with E-state index in [1.807, 2.05) is 0 Å². The molecule has 0 saturated heterocycles. The van der Waals surface area contributed by atoms with Gasteiger partial charge in [0.2, 0.25) is 5.51 Å². The molecule has 0 aliphatic rings. The van der Waals surface area contributed by atoms with E-state index in [0.29, 0.717) is 13.2 Å². The van der Waals surface area contributed by atoms with Gasteiger partial charge in [-0.25, -0.2) is 4.79 Å². The highest BCUT2D eigenvalue weighted by Gasteiger charge is 2.04. The Kier molecular flexibility index (Phi) is 22.0. The molecule has 0 aliphatic heterocycles. The zero-order chi connectivity index (χ0) is 25.2. The number of aromatic nitrogens is 1. The molecule has 0 fully saturated rings. The summed E-state index contributed by atoms with van der Waals surface area (Å²) in [4.78, 5) is 11.8. The summed E-state index contributed by atoms with van der Waals surface area (Å²) >= 11 is 1.73. The van der Waals surface area contributed by atoms with Crippen molar-refractivity contribution in [2.24, 2.45) is 0 Å². The summed E-state index contributed by atoms with van der Waals surface area (Å²) in [5.74, 6) is 0. The Morgan fingerprint density at radius 1 is 0.829 bits per heavy atom. The first kappa shape index (κ1) is 31.6. The topological polar surface area (TPSA) is 51.4 Å². The maximum absolute atomic E-state index is 11.8. The highest BCUT2D eigenvalue weighted by molar-refractivity contribution is 7.07. The minimum Gasteiger partial charge on any atom is -0.445 e. The molecule has 1 rings (SSSR count). The summed E-state index contributed by atoms with van der Waals surface area (Å²) < 4.78 is 13.1. The molecule has 0 atom stereocenters. The lowest BCUT2D eigenvalue weighted by atomic mass is 10.0. The first-order valence-electron chi connectivity index (χ1n) is 14.3. The normalized spacial score (nSPS) is 11.0. The molecule has 1 aromatic heterocycles. The number of amides is 1. The van der Waals surface area contributed by atoms with E-state index in [1.165, 1.54) is 96.3 Å². The second-order valence-electron chi connectivity index (χ2n) is 9.73. The van der Waals surface area contributed by atoms with E-state index in [4.69, 9.17) is 9.47 Å². The molecule has 0 unspecified atom stereocenters. The van der Waals surface area contributed by atoms with E-state index in [2.05, 4.69) is 40.5 Å². The van der Waals surface area contributed by atoms with Crippen LogP contribution in [0.5, 0.6) is 0 Å². The largest absolute Gasteiger partial charge is 0.445 e. The van der Waals surface area contributed by atoms with Gasteiger partial charge < -0.3 is 14.8 Å². The van der Waals surface area contributed by atoms with Crippen LogP contribution < -0.4 is 9.88 Å². The van der Waals surface area contributed by atoms with E-state index < -0.39 is 0 Å². The number of aryl methyl sites for hydroxylation is 1. The van der Waals surface area contributed by atoms with Crippen molar-refractivity contribution in [1.82, 2.24) is 5.32 Å². The first-order valence-corrected chi connectivity index (χ1v) is 15.2. The van der Waals surface area contributed by atoms with Gasteiger partial charge in [-0.05, 0) is 24.8 Å². The number of nitrogens with one attached hydrogen (secondary N) is 1. The van der Waals surface area contributed by atoms with Crippen LogP contribution in [0, 0.1) is 0 Å². The van der Waals surface area contributed by atoms with Gasteiger partial charge in [0.05, 0.1) is 12.0 Å². The SMILES string of the molecule is C=C(COCCCCCC[n+]1ccsc1)COC(=O)NCCCCCCCCCCCCCCC. The van der Waals surface area contributed by atoms with Gasteiger partial charge in [0, 0.05) is 19.6 Å². The Morgan fingerprint density at radius 3 is 2.06 bits per heavy atom. The number of thiazole rings is 1. The van der Waals surface area contributed by atoms with Crippen LogP contribution in [0.2, 0.25) is 0 Å². The predicted molar refractivity (Wildman–Crippen MR) is 148 cm³/mol. The van der Waals surface area contributed by atoms with Crippen LogP contribution >= 0.6 is 11.3 Å². The Labute approximate surface area is 219 Å². The summed E-state index contributed by atoms with van der Waals surface area (Å²) in [6.07, 6.45) is 23.7. The number of unbranched alkanes of at least 4 members (excludes halogenated alkanes) is 15. The predicted octanol–water partition coefficient (Wildman–Crippen LogP) is 7.99. The van der Waals surface area contributed by atoms with Crippen molar-refractivity contribution in [1.29, 1.82) is 0 Å². The maximum atomic E-state index is 11.8. The van der Waals surface area contributed by atoms with Crippen molar-refractivity contribution < 1.29 is 18.8 Å². The van der Waals surface area contributed by atoms with Crippen molar-refractivity contribution in [2.75, 3.05) is 26.4 Å². The number of rotatable bonds is 25. The average molecular weight is 510 g/mol. The molecule has 1 aromatic rings. The molecule has 0 aromatic carbocycles. The van der Waals surface area contributed by atoms with Crippen molar-refractivity contribution in [3.63, 3.8) is 0 Å². The number of nitrogens with zero attached hydrogens (tertiary/aromatic N) is 1. The summed E-state index contributed by atoms with van der Waals surface area (Å²) in [5.41, 5.74) is 2.95. The fraction of sp³-hybridized carbons (Fsp3) is 0.793. The van der Waals surface area contributed by atoms with E-state index in [0.717, 1.165) is 31.6 Å². The fourth-order valence-electron chi connectivity index (χ4n) is 4.05. The number of ether oxygens (including phenoxy) is 2. The summed E-state index contributed by atoms with van der Waals surface area (Å²) in [5, 5.41) is 4.95. The molecule has 35 heavy (non-hydrogen) atoms. The molecule has 1 heterocycles. The van der Waals surface area contributed by atoms with E-state index in [9.17, 15) is 4.79 Å². The highest BCUT2D eigenvalue weighted by Crippen LogP contribution is 2.12. The lowest BCUT2D eigenvalue weighted by molar-refractivity contribution is -0.692. The van der Waals surface area contributed by atoms with Crippen molar-refractivity contribution >= 4 is 17.4 Å². The van der Waals surface area contributed by atoms with Gasteiger partial charge in [-0.1, -0.05) is 108 Å². The third-order valence-electron chi connectivity index (χ3n) is 6.25. The molecular formula is C29H53N2O3S+. The molecule has 202 valence electrons. The van der Waals surface area contributed by atoms with Crippen LogP contribution in [0.3, 0.4) is 0 Å². The third kappa shape index (κ3) is 21.6. The molecular weight excluding hydrogens is 456 g/mol. The van der Waals surface area contributed by atoms with Crippen molar-refractivity contribution in [2.45, 2.75) is 123 Å². The number of carbonyl (C=O) groups excluding carboxylic acids is 1. The summed E-state index contributed by atoms with van der Waals surface area (Å²) in [7, 11) is 0. The number of hydrogen-bond donors (Lipinski definition) is 1. The van der Waals surface area contributed by atoms with Crippen LogP contribution in [-0.4, -0.2) is 32.5 Å². The van der Waals surface area contributed by atoms with E-state index >= 15 is 0 Å². The molecule has 0 bridgehead atoms. The zero-order valence-electron chi connectivity index (χ0n) is 22.6. The smallest absolute Gasteiger partial charge is 0.407 e. The van der Waals surface area contributed by atoms with Crippen LogP contribution in [-0.2, 0) is 16.0 Å². The average Bonchev–Trinajstić information content (AvgIpc) is 3.38. The molecule has 0 radical (unpaired) electrons. The molecule has 0 spiro atoms. The second kappa shape index (κ2) is 24.3. The van der Waals surface area contributed by atoms with Gasteiger partial charge in [-0.3, -0.25) is 0 Å².